The number of rotatable bonds is 8. The first-order chi connectivity index (χ1) is 13.2. The van der Waals surface area contributed by atoms with E-state index in [1.165, 1.54) is 11.6 Å². The Morgan fingerprint density at radius 3 is 2.75 bits per heavy atom. The van der Waals surface area contributed by atoms with E-state index in [1.54, 1.807) is 0 Å². The molecule has 0 aliphatic rings. The molecule has 0 radical (unpaired) electrons. The van der Waals surface area contributed by atoms with Crippen LogP contribution < -0.4 is 5.73 Å². The number of benzene rings is 1. The van der Waals surface area contributed by atoms with E-state index in [-0.39, 0.29) is 6.04 Å². The van der Waals surface area contributed by atoms with E-state index in [0.717, 1.165) is 39.8 Å². The summed E-state index contributed by atoms with van der Waals surface area (Å²) in [6.07, 6.45) is 2.79. The molecule has 1 unspecified atom stereocenters. The molecule has 3 rings (SSSR count). The molecule has 0 saturated carbocycles. The van der Waals surface area contributed by atoms with Gasteiger partial charge in [0.25, 0.3) is 0 Å². The van der Waals surface area contributed by atoms with Crippen molar-refractivity contribution in [3.8, 4) is 0 Å². The van der Waals surface area contributed by atoms with Gasteiger partial charge in [-0.1, -0.05) is 12.1 Å². The first kappa shape index (κ1) is 21.2. The average Bonchev–Trinajstić information content (AvgIpc) is 3.01. The quantitative estimate of drug-likeness (QED) is 0.289. The fraction of sp³-hybridized carbons (Fsp3) is 0.429. The predicted octanol–water partition coefficient (Wildman–Crippen LogP) is 5.06. The van der Waals surface area contributed by atoms with E-state index >= 15 is 0 Å². The average molecular weight is 461 g/mol. The zero-order chi connectivity index (χ0) is 20.3. The number of hydrogen-bond donors (Lipinski definition) is 1. The fourth-order valence-electron chi connectivity index (χ4n) is 3.15. The number of hydrogen-bond acceptors (Lipinski definition) is 4. The standard InChI is InChI=1S/C21H29BrN4OSi/c1-15-10-16(12-18(23)19-6-5-7-20(22)24-19)11-17-13-26(25-21(15)17)14-27-8-9-28(2,3)4/h5-7,10-11,13,18H,8-9,12,14,23H2,1-4H3/q-1. The molecule has 0 bridgehead atoms. The van der Waals surface area contributed by atoms with Crippen molar-refractivity contribution in [1.82, 2.24) is 14.8 Å². The van der Waals surface area contributed by atoms with Crippen molar-refractivity contribution in [2.45, 2.75) is 51.8 Å². The van der Waals surface area contributed by atoms with Crippen LogP contribution in [-0.4, -0.2) is 29.4 Å². The normalized spacial score (nSPS) is 13.2. The molecule has 0 amide bonds. The summed E-state index contributed by atoms with van der Waals surface area (Å²) in [6, 6.07) is 11.2. The zero-order valence-electron chi connectivity index (χ0n) is 17.1. The first-order valence-electron chi connectivity index (χ1n) is 9.64. The highest BCUT2D eigenvalue weighted by Gasteiger charge is 2.12. The van der Waals surface area contributed by atoms with Crippen molar-refractivity contribution in [2.75, 3.05) is 6.61 Å². The molecule has 1 aromatic carbocycles. The van der Waals surface area contributed by atoms with Crippen LogP contribution in [0.4, 0.5) is 0 Å². The third kappa shape index (κ3) is 5.73. The lowest BCUT2D eigenvalue weighted by Crippen LogP contribution is -2.22. The van der Waals surface area contributed by atoms with Crippen molar-refractivity contribution in [3.63, 3.8) is 0 Å². The molecule has 0 aliphatic heterocycles. The van der Waals surface area contributed by atoms with E-state index in [0.29, 0.717) is 6.73 Å². The molecule has 0 saturated heterocycles. The van der Waals surface area contributed by atoms with Gasteiger partial charge in [0, 0.05) is 18.2 Å². The number of fused-ring (bicyclic) bond motifs is 1. The van der Waals surface area contributed by atoms with Crippen molar-refractivity contribution in [3.05, 3.63) is 58.0 Å². The topological polar surface area (TPSA) is 66.0 Å². The maximum Gasteiger partial charge on any atom is 0.139 e. The summed E-state index contributed by atoms with van der Waals surface area (Å²) >= 11 is 3.41. The van der Waals surface area contributed by atoms with Crippen LogP contribution in [0.25, 0.3) is 10.9 Å². The van der Waals surface area contributed by atoms with Gasteiger partial charge < -0.3 is 10.5 Å². The minimum Gasteiger partial charge on any atom is -0.362 e. The predicted molar refractivity (Wildman–Crippen MR) is 121 cm³/mol. The van der Waals surface area contributed by atoms with Crippen LogP contribution in [0.3, 0.4) is 0 Å². The van der Waals surface area contributed by atoms with E-state index in [9.17, 15) is 0 Å². The summed E-state index contributed by atoms with van der Waals surface area (Å²) in [5, 5.41) is 5.81. The number of nitrogens with two attached hydrogens (primary N) is 1. The summed E-state index contributed by atoms with van der Waals surface area (Å²) in [5.74, 6) is 0. The molecule has 28 heavy (non-hydrogen) atoms. The molecule has 3 aromatic rings. The van der Waals surface area contributed by atoms with Gasteiger partial charge in [0.2, 0.25) is 0 Å². The molecule has 0 spiro atoms. The van der Waals surface area contributed by atoms with Gasteiger partial charge in [0.05, 0.1) is 17.3 Å². The number of pyridine rings is 1. The second-order valence-electron chi connectivity index (χ2n) is 8.56. The van der Waals surface area contributed by atoms with Gasteiger partial charge >= 0.3 is 0 Å². The van der Waals surface area contributed by atoms with Crippen molar-refractivity contribution < 1.29 is 4.74 Å². The van der Waals surface area contributed by atoms with E-state index < -0.39 is 8.07 Å². The summed E-state index contributed by atoms with van der Waals surface area (Å²) in [4.78, 5) is 4.48. The maximum absolute atomic E-state index is 6.39. The van der Waals surface area contributed by atoms with Crippen LogP contribution in [0.5, 0.6) is 0 Å². The van der Waals surface area contributed by atoms with E-state index in [4.69, 9.17) is 10.5 Å². The summed E-state index contributed by atoms with van der Waals surface area (Å²) in [7, 11) is -1.07. The highest BCUT2D eigenvalue weighted by molar-refractivity contribution is 9.10. The zero-order valence-corrected chi connectivity index (χ0v) is 19.7. The number of aromatic nitrogens is 3. The van der Waals surface area contributed by atoms with Gasteiger partial charge in [0.15, 0.2) is 0 Å². The Bertz CT molecular complexity index is 951. The Morgan fingerprint density at radius 2 is 2.04 bits per heavy atom. The lowest BCUT2D eigenvalue weighted by atomic mass is 10.00. The molecule has 5 nitrogen and oxygen atoms in total. The smallest absolute Gasteiger partial charge is 0.139 e. The van der Waals surface area contributed by atoms with Gasteiger partial charge in [-0.2, -0.15) is 24.7 Å². The Morgan fingerprint density at radius 1 is 1.25 bits per heavy atom. The highest BCUT2D eigenvalue weighted by atomic mass is 79.9. The lowest BCUT2D eigenvalue weighted by molar-refractivity contribution is 0.0791. The minimum atomic E-state index is -1.07. The summed E-state index contributed by atoms with van der Waals surface area (Å²) in [6.45, 7) is 10.5. The second-order valence-corrected chi connectivity index (χ2v) is 15.0. The fourth-order valence-corrected chi connectivity index (χ4v) is 4.26. The molecule has 0 aliphatic carbocycles. The first-order valence-corrected chi connectivity index (χ1v) is 14.1. The van der Waals surface area contributed by atoms with E-state index in [2.05, 4.69) is 70.9 Å². The van der Waals surface area contributed by atoms with Crippen molar-refractivity contribution in [2.24, 2.45) is 5.73 Å². The molecule has 151 valence electrons. The summed E-state index contributed by atoms with van der Waals surface area (Å²) in [5.41, 5.74) is 10.6. The third-order valence-corrected chi connectivity index (χ3v) is 6.84. The Balaban J connectivity index is 1.70. The van der Waals surface area contributed by atoms with Crippen LogP contribution in [-0.2, 0) is 17.9 Å². The van der Waals surface area contributed by atoms with Gasteiger partial charge in [-0.05, 0) is 58.6 Å². The Hall–Kier alpha value is -1.54. The molecule has 0 fully saturated rings. The molecule has 7 heteroatoms. The molecule has 1 atom stereocenters. The van der Waals surface area contributed by atoms with Crippen LogP contribution in [0.2, 0.25) is 25.7 Å². The lowest BCUT2D eigenvalue weighted by Gasteiger charge is -2.26. The number of halogens is 1. The molecular formula is C21H29BrN4OSi-. The van der Waals surface area contributed by atoms with Crippen LogP contribution in [0.1, 0.15) is 22.9 Å². The van der Waals surface area contributed by atoms with Crippen molar-refractivity contribution >= 4 is 34.9 Å². The van der Waals surface area contributed by atoms with Crippen LogP contribution in [0, 0.1) is 6.92 Å². The number of aryl methyl sites for hydroxylation is 1. The minimum absolute atomic E-state index is 0.144. The van der Waals surface area contributed by atoms with Gasteiger partial charge in [-0.3, -0.25) is 0 Å². The Labute approximate surface area is 176 Å². The largest absolute Gasteiger partial charge is 0.362 e. The van der Waals surface area contributed by atoms with Crippen LogP contribution in [0.15, 0.2) is 41.1 Å². The Kier molecular flexibility index (Phi) is 6.70. The molecule has 2 aromatic heterocycles. The van der Waals surface area contributed by atoms with Gasteiger partial charge in [0.1, 0.15) is 11.3 Å². The van der Waals surface area contributed by atoms with Crippen molar-refractivity contribution in [1.29, 1.82) is 0 Å². The van der Waals surface area contributed by atoms with Gasteiger partial charge in [-0.15, -0.1) is 14.1 Å². The third-order valence-electron chi connectivity index (χ3n) is 4.70. The van der Waals surface area contributed by atoms with Gasteiger partial charge in [-0.25, -0.2) is 9.67 Å². The molecule has 2 N–H and O–H groups in total. The van der Waals surface area contributed by atoms with E-state index in [1.807, 2.05) is 22.9 Å². The number of nitrogens with zero attached hydrogens (tertiary/aromatic N) is 3. The maximum atomic E-state index is 6.39. The summed E-state index contributed by atoms with van der Waals surface area (Å²) < 4.78 is 8.53. The van der Waals surface area contributed by atoms with Crippen LogP contribution >= 0.6 is 15.9 Å². The SMILES string of the molecule is Cc1cc(CC(N)c2cccc(Br)n2)cc2cn(COCC[Si-](C)(C)C)nc12. The second kappa shape index (κ2) is 8.86. The monoisotopic (exact) mass is 460 g/mol. The number of ether oxygens (including phenoxy) is 1. The molecule has 2 heterocycles. The highest BCUT2D eigenvalue weighted by Crippen LogP contribution is 2.23. The molecular weight excluding hydrogens is 432 g/mol.